The average molecular weight is 348 g/mol. The maximum Gasteiger partial charge on any atom is 0.137 e. The second kappa shape index (κ2) is 6.26. The Hall–Kier alpha value is -1.88. The van der Waals surface area contributed by atoms with Crippen LogP contribution in [0, 0.1) is 0 Å². The number of benzene rings is 1. The molecule has 0 aliphatic carbocycles. The van der Waals surface area contributed by atoms with E-state index in [9.17, 15) is 4.39 Å². The van der Waals surface area contributed by atoms with Crippen molar-refractivity contribution in [3.8, 4) is 17.0 Å². The number of rotatable bonds is 5. The van der Waals surface area contributed by atoms with E-state index in [0.29, 0.717) is 13.0 Å². The molecule has 5 heteroatoms. The van der Waals surface area contributed by atoms with Crippen molar-refractivity contribution in [1.29, 1.82) is 0 Å². The highest BCUT2D eigenvalue weighted by Gasteiger charge is 2.05. The van der Waals surface area contributed by atoms with Crippen LogP contribution in [-0.4, -0.2) is 22.7 Å². The van der Waals surface area contributed by atoms with E-state index >= 15 is 0 Å². The molecule has 0 atom stereocenters. The molecule has 0 bridgehead atoms. The Morgan fingerprint density at radius 3 is 2.67 bits per heavy atom. The van der Waals surface area contributed by atoms with Gasteiger partial charge in [0.25, 0.3) is 0 Å². The predicted octanol–water partition coefficient (Wildman–Crippen LogP) is 4.50. The molecule has 1 aromatic carbocycles. The lowest BCUT2D eigenvalue weighted by atomic mass is 10.2. The van der Waals surface area contributed by atoms with E-state index in [-0.39, 0.29) is 6.67 Å². The zero-order valence-corrected chi connectivity index (χ0v) is 12.9. The SMILES string of the molecule is [18F]CCCOc1ccc(-c2cn3cc(Br)ccc3n2)cc1. The Morgan fingerprint density at radius 2 is 1.90 bits per heavy atom. The Labute approximate surface area is 130 Å². The van der Waals surface area contributed by atoms with Gasteiger partial charge in [-0.05, 0) is 52.3 Å². The van der Waals surface area contributed by atoms with Crippen LogP contribution < -0.4 is 4.74 Å². The number of hydrogen-bond donors (Lipinski definition) is 0. The van der Waals surface area contributed by atoms with Gasteiger partial charge in [0.05, 0.1) is 19.0 Å². The summed E-state index contributed by atoms with van der Waals surface area (Å²) >= 11 is 3.45. The van der Waals surface area contributed by atoms with Crippen molar-refractivity contribution in [3.05, 3.63) is 53.3 Å². The van der Waals surface area contributed by atoms with Gasteiger partial charge >= 0.3 is 0 Å². The third-order valence-electron chi connectivity index (χ3n) is 3.11. The van der Waals surface area contributed by atoms with E-state index in [2.05, 4.69) is 20.9 Å². The van der Waals surface area contributed by atoms with E-state index in [1.807, 2.05) is 53.2 Å². The second-order valence-electron chi connectivity index (χ2n) is 4.65. The third kappa shape index (κ3) is 3.24. The van der Waals surface area contributed by atoms with Crippen LogP contribution in [0.4, 0.5) is 4.39 Å². The number of hydrogen-bond acceptors (Lipinski definition) is 2. The van der Waals surface area contributed by atoms with Crippen LogP contribution in [0.15, 0.2) is 53.3 Å². The van der Waals surface area contributed by atoms with Gasteiger partial charge in [-0.25, -0.2) is 4.98 Å². The van der Waals surface area contributed by atoms with E-state index in [1.54, 1.807) is 0 Å². The number of halogens is 2. The molecule has 3 rings (SSSR count). The van der Waals surface area contributed by atoms with Gasteiger partial charge in [0.1, 0.15) is 11.4 Å². The minimum absolute atomic E-state index is 0.352. The van der Waals surface area contributed by atoms with Gasteiger partial charge in [-0.3, -0.25) is 4.39 Å². The summed E-state index contributed by atoms with van der Waals surface area (Å²) in [6.07, 6.45) is 4.38. The fourth-order valence-electron chi connectivity index (χ4n) is 2.07. The summed E-state index contributed by atoms with van der Waals surface area (Å²) in [7, 11) is 0. The fourth-order valence-corrected chi connectivity index (χ4v) is 2.42. The van der Waals surface area contributed by atoms with Gasteiger partial charge in [0, 0.05) is 28.9 Å². The summed E-state index contributed by atoms with van der Waals surface area (Å²) in [6.45, 7) is 0.0487. The number of imidazole rings is 1. The highest BCUT2D eigenvalue weighted by Crippen LogP contribution is 2.23. The normalized spacial score (nSPS) is 11.0. The molecule has 0 spiro atoms. The molecule has 0 fully saturated rings. The second-order valence-corrected chi connectivity index (χ2v) is 5.57. The number of alkyl halides is 1. The molecule has 0 amide bonds. The van der Waals surface area contributed by atoms with E-state index in [0.717, 1.165) is 27.1 Å². The van der Waals surface area contributed by atoms with Gasteiger partial charge in [0.2, 0.25) is 0 Å². The molecule has 3 aromatic rings. The van der Waals surface area contributed by atoms with Crippen LogP contribution >= 0.6 is 15.9 Å². The molecule has 2 aromatic heterocycles. The first-order valence-electron chi connectivity index (χ1n) is 6.70. The van der Waals surface area contributed by atoms with E-state index < -0.39 is 0 Å². The minimum atomic E-state index is -0.352. The number of fused-ring (bicyclic) bond motifs is 1. The van der Waals surface area contributed by atoms with Crippen molar-refractivity contribution < 1.29 is 9.13 Å². The largest absolute Gasteiger partial charge is 0.493 e. The van der Waals surface area contributed by atoms with Gasteiger partial charge in [-0.2, -0.15) is 0 Å². The van der Waals surface area contributed by atoms with Gasteiger partial charge in [0.15, 0.2) is 0 Å². The van der Waals surface area contributed by atoms with Crippen molar-refractivity contribution in [2.75, 3.05) is 13.3 Å². The van der Waals surface area contributed by atoms with Gasteiger partial charge in [-0.1, -0.05) is 0 Å². The molecule has 0 aliphatic heterocycles. The first-order chi connectivity index (χ1) is 10.3. The van der Waals surface area contributed by atoms with Crippen molar-refractivity contribution in [3.63, 3.8) is 0 Å². The summed E-state index contributed by atoms with van der Waals surface area (Å²) in [4.78, 5) is 4.58. The first kappa shape index (κ1) is 14.1. The Balaban J connectivity index is 1.81. The minimum Gasteiger partial charge on any atom is -0.493 e. The predicted molar refractivity (Wildman–Crippen MR) is 84.4 cm³/mol. The standard InChI is InChI=1S/C16H14BrFN2O/c17-13-4-7-16-19-15(11-20(16)10-13)12-2-5-14(6-3-12)21-9-1-8-18/h2-7,10-11H,1,8-9H2/i18-1. The number of pyridine rings is 1. The maximum absolute atomic E-state index is 12.0. The lowest BCUT2D eigenvalue weighted by molar-refractivity contribution is 0.289. The summed E-state index contributed by atoms with van der Waals surface area (Å²) in [6, 6.07) is 11.6. The molecule has 21 heavy (non-hydrogen) atoms. The molecule has 0 N–H and O–H groups in total. The molecule has 0 saturated carbocycles. The molecule has 0 radical (unpaired) electrons. The topological polar surface area (TPSA) is 26.5 Å². The number of nitrogens with zero attached hydrogens (tertiary/aromatic N) is 2. The average Bonchev–Trinajstić information content (AvgIpc) is 2.91. The van der Waals surface area contributed by atoms with Crippen LogP contribution in [0.25, 0.3) is 16.9 Å². The van der Waals surface area contributed by atoms with Crippen LogP contribution in [0.5, 0.6) is 5.75 Å². The lowest BCUT2D eigenvalue weighted by Gasteiger charge is -2.04. The molecular weight excluding hydrogens is 334 g/mol. The molecule has 3 nitrogen and oxygen atoms in total. The summed E-state index contributed by atoms with van der Waals surface area (Å²) in [5, 5.41) is 0. The van der Waals surface area contributed by atoms with E-state index in [4.69, 9.17) is 4.74 Å². The highest BCUT2D eigenvalue weighted by molar-refractivity contribution is 9.10. The quantitative estimate of drug-likeness (QED) is 0.635. The first-order valence-corrected chi connectivity index (χ1v) is 7.49. The van der Waals surface area contributed by atoms with Crippen LogP contribution in [0.3, 0.4) is 0 Å². The Bertz CT molecular complexity index is 740. The smallest absolute Gasteiger partial charge is 0.137 e. The number of aromatic nitrogens is 2. The van der Waals surface area contributed by atoms with Crippen LogP contribution in [-0.2, 0) is 0 Å². The molecule has 108 valence electrons. The summed E-state index contributed by atoms with van der Waals surface area (Å²) < 4.78 is 20.4. The van der Waals surface area contributed by atoms with Crippen molar-refractivity contribution in [1.82, 2.24) is 9.38 Å². The van der Waals surface area contributed by atoms with Crippen LogP contribution in [0.2, 0.25) is 0 Å². The highest BCUT2D eigenvalue weighted by atomic mass is 79.9. The van der Waals surface area contributed by atoms with E-state index in [1.165, 1.54) is 0 Å². The van der Waals surface area contributed by atoms with Crippen molar-refractivity contribution in [2.24, 2.45) is 0 Å². The van der Waals surface area contributed by atoms with Crippen LogP contribution in [0.1, 0.15) is 6.42 Å². The zero-order chi connectivity index (χ0) is 14.7. The number of ether oxygens (including phenoxy) is 1. The molecular formula is C16H14BrFN2O. The Kier molecular flexibility index (Phi) is 4.20. The maximum atomic E-state index is 12.0. The molecule has 0 unspecified atom stereocenters. The van der Waals surface area contributed by atoms with Crippen molar-refractivity contribution >= 4 is 21.6 Å². The zero-order valence-electron chi connectivity index (χ0n) is 11.3. The summed E-state index contributed by atoms with van der Waals surface area (Å²) in [5.74, 6) is 0.749. The molecule has 0 aliphatic rings. The fraction of sp³-hybridized carbons (Fsp3) is 0.188. The molecule has 2 heterocycles. The third-order valence-corrected chi connectivity index (χ3v) is 3.58. The van der Waals surface area contributed by atoms with Gasteiger partial charge < -0.3 is 9.14 Å². The summed E-state index contributed by atoms with van der Waals surface area (Å²) in [5.41, 5.74) is 2.83. The van der Waals surface area contributed by atoms with Crippen molar-refractivity contribution in [2.45, 2.75) is 6.42 Å². The Morgan fingerprint density at radius 1 is 1.10 bits per heavy atom. The van der Waals surface area contributed by atoms with Gasteiger partial charge in [-0.15, -0.1) is 0 Å². The monoisotopic (exact) mass is 347 g/mol. The molecule has 0 saturated heterocycles. The lowest BCUT2D eigenvalue weighted by Crippen LogP contribution is -1.97.